The zero-order chi connectivity index (χ0) is 14.5. The van der Waals surface area contributed by atoms with Gasteiger partial charge in [0, 0.05) is 6.04 Å². The van der Waals surface area contributed by atoms with Gasteiger partial charge in [-0.2, -0.15) is 13.2 Å². The summed E-state index contributed by atoms with van der Waals surface area (Å²) in [7, 11) is 0. The number of carbonyl (C=O) groups is 1. The molecule has 3 rings (SSSR count). The minimum Gasteiger partial charge on any atom is -0.319 e. The molecule has 3 unspecified atom stereocenters. The third-order valence-corrected chi connectivity index (χ3v) is 3.97. The van der Waals surface area contributed by atoms with Gasteiger partial charge in [0.2, 0.25) is 5.91 Å². The van der Waals surface area contributed by atoms with E-state index < -0.39 is 17.9 Å². The maximum absolute atomic E-state index is 12.8. The van der Waals surface area contributed by atoms with E-state index in [9.17, 15) is 18.0 Å². The molecule has 20 heavy (non-hydrogen) atoms. The molecule has 1 saturated heterocycles. The van der Waals surface area contributed by atoms with Gasteiger partial charge in [0.15, 0.2) is 0 Å². The number of rotatable bonds is 2. The standard InChI is InChI=1S/C14H15F3N2O/c1-8-5-11(8)19-12(20)7-18-13(19)9-3-2-4-10(6-9)14(15,16)17/h2-4,6,8,11,13,18H,5,7H2,1H3. The topological polar surface area (TPSA) is 32.3 Å². The van der Waals surface area contributed by atoms with Crippen molar-refractivity contribution >= 4 is 5.91 Å². The fourth-order valence-electron chi connectivity index (χ4n) is 2.75. The van der Waals surface area contributed by atoms with Crippen molar-refractivity contribution in [2.75, 3.05) is 6.54 Å². The molecule has 1 heterocycles. The van der Waals surface area contributed by atoms with E-state index in [1.807, 2.05) is 6.92 Å². The molecule has 108 valence electrons. The van der Waals surface area contributed by atoms with Gasteiger partial charge in [0.25, 0.3) is 0 Å². The zero-order valence-corrected chi connectivity index (χ0v) is 10.9. The van der Waals surface area contributed by atoms with Gasteiger partial charge in [-0.05, 0) is 30.0 Å². The lowest BCUT2D eigenvalue weighted by Gasteiger charge is -2.25. The van der Waals surface area contributed by atoms with Crippen molar-refractivity contribution in [3.8, 4) is 0 Å². The third-order valence-electron chi connectivity index (χ3n) is 3.97. The van der Waals surface area contributed by atoms with Crippen LogP contribution in [0.1, 0.15) is 30.6 Å². The maximum atomic E-state index is 12.8. The average Bonchev–Trinajstić information content (AvgIpc) is 2.96. The molecule has 1 aromatic carbocycles. The Bertz CT molecular complexity index is 543. The highest BCUT2D eigenvalue weighted by atomic mass is 19.4. The lowest BCUT2D eigenvalue weighted by Crippen LogP contribution is -2.33. The van der Waals surface area contributed by atoms with Gasteiger partial charge < -0.3 is 4.90 Å². The van der Waals surface area contributed by atoms with Gasteiger partial charge in [-0.1, -0.05) is 19.1 Å². The summed E-state index contributed by atoms with van der Waals surface area (Å²) in [6, 6.07) is 5.33. The molecule has 1 amide bonds. The molecule has 1 aliphatic heterocycles. The second-order valence-corrected chi connectivity index (χ2v) is 5.49. The Kier molecular flexibility index (Phi) is 3.01. The number of carbonyl (C=O) groups excluding carboxylic acids is 1. The summed E-state index contributed by atoms with van der Waals surface area (Å²) < 4.78 is 38.3. The van der Waals surface area contributed by atoms with Crippen LogP contribution in [-0.2, 0) is 11.0 Å². The number of benzene rings is 1. The van der Waals surface area contributed by atoms with E-state index in [4.69, 9.17) is 0 Å². The summed E-state index contributed by atoms with van der Waals surface area (Å²) in [5.74, 6) is 0.383. The molecule has 1 saturated carbocycles. The van der Waals surface area contributed by atoms with Crippen LogP contribution in [0.3, 0.4) is 0 Å². The summed E-state index contributed by atoms with van der Waals surface area (Å²) in [4.78, 5) is 13.6. The van der Waals surface area contributed by atoms with Crippen LogP contribution in [0.5, 0.6) is 0 Å². The second kappa shape index (κ2) is 4.48. The molecule has 6 heteroatoms. The maximum Gasteiger partial charge on any atom is 0.416 e. The van der Waals surface area contributed by atoms with Crippen molar-refractivity contribution in [1.82, 2.24) is 10.2 Å². The van der Waals surface area contributed by atoms with Crippen LogP contribution in [0, 0.1) is 5.92 Å². The number of alkyl halides is 3. The molecule has 0 radical (unpaired) electrons. The predicted octanol–water partition coefficient (Wildman–Crippen LogP) is 2.54. The first-order valence-electron chi connectivity index (χ1n) is 6.59. The SMILES string of the molecule is CC1CC1N1C(=O)CNC1c1cccc(C(F)(F)F)c1. The zero-order valence-electron chi connectivity index (χ0n) is 10.9. The Hall–Kier alpha value is -1.56. The highest BCUT2D eigenvalue weighted by Gasteiger charge is 2.47. The Morgan fingerprint density at radius 2 is 2.05 bits per heavy atom. The minimum atomic E-state index is -4.36. The summed E-state index contributed by atoms with van der Waals surface area (Å²) >= 11 is 0. The molecule has 0 bridgehead atoms. The fourth-order valence-corrected chi connectivity index (χ4v) is 2.75. The van der Waals surface area contributed by atoms with Crippen LogP contribution >= 0.6 is 0 Å². The molecule has 1 aliphatic carbocycles. The smallest absolute Gasteiger partial charge is 0.319 e. The van der Waals surface area contributed by atoms with E-state index in [-0.39, 0.29) is 18.5 Å². The van der Waals surface area contributed by atoms with Crippen LogP contribution < -0.4 is 5.32 Å². The second-order valence-electron chi connectivity index (χ2n) is 5.49. The Morgan fingerprint density at radius 1 is 1.35 bits per heavy atom. The molecular formula is C14H15F3N2O. The van der Waals surface area contributed by atoms with Gasteiger partial charge in [0.1, 0.15) is 6.17 Å². The first-order valence-corrected chi connectivity index (χ1v) is 6.59. The average molecular weight is 284 g/mol. The minimum absolute atomic E-state index is 0.0400. The van der Waals surface area contributed by atoms with E-state index in [1.54, 1.807) is 11.0 Å². The van der Waals surface area contributed by atoms with Crippen molar-refractivity contribution in [2.45, 2.75) is 31.7 Å². The highest BCUT2D eigenvalue weighted by Crippen LogP contribution is 2.41. The Morgan fingerprint density at radius 3 is 2.65 bits per heavy atom. The van der Waals surface area contributed by atoms with Crippen LogP contribution in [0.2, 0.25) is 0 Å². The Balaban J connectivity index is 1.90. The van der Waals surface area contributed by atoms with E-state index in [2.05, 4.69) is 5.32 Å². The predicted molar refractivity (Wildman–Crippen MR) is 66.6 cm³/mol. The quantitative estimate of drug-likeness (QED) is 0.905. The van der Waals surface area contributed by atoms with Crippen LogP contribution in [0.25, 0.3) is 0 Å². The van der Waals surface area contributed by atoms with Crippen LogP contribution in [-0.4, -0.2) is 23.4 Å². The van der Waals surface area contributed by atoms with Gasteiger partial charge in [-0.25, -0.2) is 0 Å². The first kappa shape index (κ1) is 13.4. The van der Waals surface area contributed by atoms with Gasteiger partial charge in [-0.15, -0.1) is 0 Å². The first-order chi connectivity index (χ1) is 9.38. The lowest BCUT2D eigenvalue weighted by molar-refractivity contribution is -0.137. The van der Waals surface area contributed by atoms with Crippen LogP contribution in [0.4, 0.5) is 13.2 Å². The highest BCUT2D eigenvalue weighted by molar-refractivity contribution is 5.81. The number of halogens is 3. The molecule has 0 spiro atoms. The normalized spacial score (nSPS) is 29.9. The number of hydrogen-bond donors (Lipinski definition) is 1. The molecule has 2 fully saturated rings. The van der Waals surface area contributed by atoms with Crippen molar-refractivity contribution in [3.05, 3.63) is 35.4 Å². The van der Waals surface area contributed by atoms with E-state index in [1.165, 1.54) is 6.07 Å². The van der Waals surface area contributed by atoms with Crippen LogP contribution in [0.15, 0.2) is 24.3 Å². The summed E-state index contributed by atoms with van der Waals surface area (Å²) in [5, 5.41) is 3.00. The molecule has 1 aromatic rings. The molecular weight excluding hydrogens is 269 g/mol. The molecule has 1 N–H and O–H groups in total. The van der Waals surface area contributed by atoms with Gasteiger partial charge in [-0.3, -0.25) is 10.1 Å². The fraction of sp³-hybridized carbons (Fsp3) is 0.500. The van der Waals surface area contributed by atoms with Crippen molar-refractivity contribution in [1.29, 1.82) is 0 Å². The summed E-state index contributed by atoms with van der Waals surface area (Å²) in [6.07, 6.45) is -3.89. The summed E-state index contributed by atoms with van der Waals surface area (Å²) in [5.41, 5.74) is -0.190. The number of nitrogens with one attached hydrogen (secondary N) is 1. The third kappa shape index (κ3) is 2.28. The summed E-state index contributed by atoms with van der Waals surface area (Å²) in [6.45, 7) is 2.23. The van der Waals surface area contributed by atoms with Crippen molar-refractivity contribution in [3.63, 3.8) is 0 Å². The van der Waals surface area contributed by atoms with E-state index in [0.717, 1.165) is 18.6 Å². The van der Waals surface area contributed by atoms with E-state index >= 15 is 0 Å². The van der Waals surface area contributed by atoms with Gasteiger partial charge >= 0.3 is 6.18 Å². The van der Waals surface area contributed by atoms with E-state index in [0.29, 0.717) is 11.5 Å². The van der Waals surface area contributed by atoms with Crippen molar-refractivity contribution < 1.29 is 18.0 Å². The molecule has 0 aromatic heterocycles. The number of amides is 1. The molecule has 3 nitrogen and oxygen atoms in total. The monoisotopic (exact) mass is 284 g/mol. The molecule has 3 atom stereocenters. The number of nitrogens with zero attached hydrogens (tertiary/aromatic N) is 1. The lowest BCUT2D eigenvalue weighted by atomic mass is 10.1. The number of hydrogen-bond acceptors (Lipinski definition) is 2. The van der Waals surface area contributed by atoms with Gasteiger partial charge in [0.05, 0.1) is 12.1 Å². The van der Waals surface area contributed by atoms with Crippen molar-refractivity contribution in [2.24, 2.45) is 5.92 Å². The Labute approximate surface area is 114 Å². The largest absolute Gasteiger partial charge is 0.416 e. The molecule has 2 aliphatic rings.